The van der Waals surface area contributed by atoms with Crippen LogP contribution in [0.2, 0.25) is 0 Å². The fraction of sp³-hybridized carbons (Fsp3) is 1.00. The Labute approximate surface area is 87.9 Å². The summed E-state index contributed by atoms with van der Waals surface area (Å²) in [6.45, 7) is 1.88. The first-order valence-electron chi connectivity index (χ1n) is 4.26. The highest BCUT2D eigenvalue weighted by Crippen LogP contribution is 2.09. The lowest BCUT2D eigenvalue weighted by Gasteiger charge is -2.13. The molecule has 0 heterocycles. The maximum Gasteiger partial charge on any atom is 0.350 e. The number of sulfonamides is 1. The van der Waals surface area contributed by atoms with Gasteiger partial charge in [0.05, 0.1) is 0 Å². The Hall–Kier alpha value is 0.0600. The summed E-state index contributed by atoms with van der Waals surface area (Å²) >= 11 is 5.46. The topological polar surface area (TPSA) is 46.2 Å². The van der Waals surface area contributed by atoms with Gasteiger partial charge in [0, 0.05) is 12.4 Å². The van der Waals surface area contributed by atoms with Gasteiger partial charge in [0.2, 0.25) is 0 Å². The summed E-state index contributed by atoms with van der Waals surface area (Å²) in [5.41, 5.74) is 0. The number of hydrogen-bond donors (Lipinski definition) is 1. The van der Waals surface area contributed by atoms with Crippen LogP contribution in [0, 0.1) is 5.92 Å². The van der Waals surface area contributed by atoms with E-state index in [0.29, 0.717) is 18.7 Å². The van der Waals surface area contributed by atoms with Crippen LogP contribution in [0.3, 0.4) is 0 Å². The normalized spacial score (nSPS) is 14.6. The SMILES string of the molecule is CCC(CCCl)CNS(=O)(=O)C(F)F. The lowest BCUT2D eigenvalue weighted by Crippen LogP contribution is -2.33. The highest BCUT2D eigenvalue weighted by atomic mass is 35.5. The van der Waals surface area contributed by atoms with Crippen LogP contribution in [-0.2, 0) is 10.0 Å². The predicted octanol–water partition coefficient (Wildman–Crippen LogP) is 1.78. The Bertz CT molecular complexity index is 246. The van der Waals surface area contributed by atoms with Crippen LogP contribution in [0.4, 0.5) is 8.78 Å². The zero-order valence-electron chi connectivity index (χ0n) is 7.84. The van der Waals surface area contributed by atoms with Crippen molar-refractivity contribution in [2.45, 2.75) is 25.5 Å². The van der Waals surface area contributed by atoms with Crippen LogP contribution in [0.15, 0.2) is 0 Å². The molecule has 0 amide bonds. The van der Waals surface area contributed by atoms with Gasteiger partial charge in [-0.25, -0.2) is 13.1 Å². The number of hydrogen-bond acceptors (Lipinski definition) is 2. The molecule has 0 saturated heterocycles. The maximum absolute atomic E-state index is 11.9. The Morgan fingerprint density at radius 2 is 2.00 bits per heavy atom. The van der Waals surface area contributed by atoms with Crippen molar-refractivity contribution in [1.29, 1.82) is 0 Å². The highest BCUT2D eigenvalue weighted by Gasteiger charge is 2.23. The second-order valence-corrected chi connectivity index (χ2v) is 5.02. The fourth-order valence-electron chi connectivity index (χ4n) is 0.902. The molecule has 0 aromatic heterocycles. The molecule has 1 unspecified atom stereocenters. The summed E-state index contributed by atoms with van der Waals surface area (Å²) < 4.78 is 46.9. The molecule has 0 spiro atoms. The minimum Gasteiger partial charge on any atom is -0.210 e. The summed E-state index contributed by atoms with van der Waals surface area (Å²) in [5, 5.41) is 0. The molecule has 0 aromatic carbocycles. The molecular formula is C7H14ClF2NO2S. The predicted molar refractivity (Wildman–Crippen MR) is 52.0 cm³/mol. The van der Waals surface area contributed by atoms with Crippen molar-refractivity contribution in [3.05, 3.63) is 0 Å². The first-order chi connectivity index (χ1) is 6.44. The number of alkyl halides is 3. The minimum absolute atomic E-state index is 0.0148. The Morgan fingerprint density at radius 1 is 1.43 bits per heavy atom. The first kappa shape index (κ1) is 14.1. The molecule has 1 atom stereocenters. The van der Waals surface area contributed by atoms with Crippen LogP contribution in [0.1, 0.15) is 19.8 Å². The molecule has 0 radical (unpaired) electrons. The van der Waals surface area contributed by atoms with Crippen molar-refractivity contribution >= 4 is 21.6 Å². The molecule has 14 heavy (non-hydrogen) atoms. The minimum atomic E-state index is -4.45. The van der Waals surface area contributed by atoms with Crippen molar-refractivity contribution in [3.8, 4) is 0 Å². The molecule has 0 rings (SSSR count). The Balaban J connectivity index is 4.03. The second-order valence-electron chi connectivity index (χ2n) is 2.91. The van der Waals surface area contributed by atoms with Gasteiger partial charge in [-0.3, -0.25) is 0 Å². The maximum atomic E-state index is 11.9. The molecular weight excluding hydrogens is 236 g/mol. The van der Waals surface area contributed by atoms with Crippen LogP contribution in [-0.4, -0.2) is 26.6 Å². The van der Waals surface area contributed by atoms with Crippen molar-refractivity contribution in [2.75, 3.05) is 12.4 Å². The van der Waals surface area contributed by atoms with Gasteiger partial charge >= 0.3 is 5.76 Å². The van der Waals surface area contributed by atoms with Gasteiger partial charge in [-0.2, -0.15) is 8.78 Å². The molecule has 0 bridgehead atoms. The molecule has 7 heteroatoms. The lowest BCUT2D eigenvalue weighted by molar-refractivity contribution is 0.232. The highest BCUT2D eigenvalue weighted by molar-refractivity contribution is 7.89. The van der Waals surface area contributed by atoms with E-state index >= 15 is 0 Å². The molecule has 1 N–H and O–H groups in total. The van der Waals surface area contributed by atoms with Crippen molar-refractivity contribution in [3.63, 3.8) is 0 Å². The Morgan fingerprint density at radius 3 is 2.36 bits per heavy atom. The fourth-order valence-corrected chi connectivity index (χ4v) is 1.80. The third-order valence-corrected chi connectivity index (χ3v) is 3.16. The van der Waals surface area contributed by atoms with E-state index in [-0.39, 0.29) is 12.5 Å². The number of nitrogens with one attached hydrogen (secondary N) is 1. The zero-order chi connectivity index (χ0) is 11.2. The van der Waals surface area contributed by atoms with Crippen molar-refractivity contribution in [2.24, 2.45) is 5.92 Å². The summed E-state index contributed by atoms with van der Waals surface area (Å²) in [4.78, 5) is 0. The molecule has 0 aliphatic carbocycles. The average Bonchev–Trinajstić information content (AvgIpc) is 2.12. The van der Waals surface area contributed by atoms with Gasteiger partial charge in [-0.05, 0) is 12.3 Å². The van der Waals surface area contributed by atoms with E-state index < -0.39 is 15.8 Å². The smallest absolute Gasteiger partial charge is 0.210 e. The summed E-state index contributed by atoms with van der Waals surface area (Å²) in [6, 6.07) is 0. The van der Waals surface area contributed by atoms with Gasteiger partial charge in [-0.1, -0.05) is 13.3 Å². The summed E-state index contributed by atoms with van der Waals surface area (Å²) in [5.74, 6) is -2.95. The van der Waals surface area contributed by atoms with Crippen molar-refractivity contribution < 1.29 is 17.2 Å². The van der Waals surface area contributed by atoms with Crippen LogP contribution >= 0.6 is 11.6 Å². The number of halogens is 3. The van der Waals surface area contributed by atoms with Crippen LogP contribution in [0.5, 0.6) is 0 Å². The zero-order valence-corrected chi connectivity index (χ0v) is 9.41. The van der Waals surface area contributed by atoms with Gasteiger partial charge in [0.15, 0.2) is 0 Å². The Kier molecular flexibility index (Phi) is 6.55. The average molecular weight is 250 g/mol. The third kappa shape index (κ3) is 5.07. The van der Waals surface area contributed by atoms with Gasteiger partial charge < -0.3 is 0 Å². The van der Waals surface area contributed by atoms with Crippen LogP contribution < -0.4 is 4.72 Å². The van der Waals surface area contributed by atoms with E-state index in [0.717, 1.165) is 0 Å². The molecule has 3 nitrogen and oxygen atoms in total. The lowest BCUT2D eigenvalue weighted by atomic mass is 10.0. The first-order valence-corrected chi connectivity index (χ1v) is 6.34. The van der Waals surface area contributed by atoms with E-state index in [9.17, 15) is 17.2 Å². The van der Waals surface area contributed by atoms with E-state index in [2.05, 4.69) is 0 Å². The van der Waals surface area contributed by atoms with Gasteiger partial charge in [0.25, 0.3) is 10.0 Å². The summed E-state index contributed by atoms with van der Waals surface area (Å²) in [6.07, 6.45) is 1.32. The molecule has 0 aliphatic rings. The molecule has 0 fully saturated rings. The molecule has 0 saturated carbocycles. The van der Waals surface area contributed by atoms with Gasteiger partial charge in [-0.15, -0.1) is 11.6 Å². The van der Waals surface area contributed by atoms with Gasteiger partial charge in [0.1, 0.15) is 0 Å². The third-order valence-electron chi connectivity index (χ3n) is 1.90. The van der Waals surface area contributed by atoms with E-state index in [1.807, 2.05) is 11.6 Å². The monoisotopic (exact) mass is 249 g/mol. The van der Waals surface area contributed by atoms with Crippen molar-refractivity contribution in [1.82, 2.24) is 4.72 Å². The van der Waals surface area contributed by atoms with E-state index in [4.69, 9.17) is 11.6 Å². The van der Waals surface area contributed by atoms with Crippen LogP contribution in [0.25, 0.3) is 0 Å². The second kappa shape index (κ2) is 6.53. The molecule has 86 valence electrons. The van der Waals surface area contributed by atoms with E-state index in [1.165, 1.54) is 0 Å². The largest absolute Gasteiger partial charge is 0.350 e. The molecule has 0 aromatic rings. The standard InChI is InChI=1S/C7H14ClF2NO2S/c1-2-6(3-4-8)5-11-14(12,13)7(9)10/h6-7,11H,2-5H2,1H3. The molecule has 0 aliphatic heterocycles. The quantitative estimate of drug-likeness (QED) is 0.699. The van der Waals surface area contributed by atoms with E-state index in [1.54, 1.807) is 0 Å². The number of rotatable bonds is 7. The summed E-state index contributed by atoms with van der Waals surface area (Å²) in [7, 11) is -4.45.